The van der Waals surface area contributed by atoms with Crippen LogP contribution in [0, 0.1) is 0 Å². The molecular weight excluding hydrogens is 252 g/mol. The summed E-state index contributed by atoms with van der Waals surface area (Å²) in [6.07, 6.45) is 2.29. The standard InChI is InChI=1S/C15H20N4O/c1-20-13-4-2-11(3-5-13)14-10-15(19-18-14)17-12-6-8-16-9-7-12/h2-5,10,12,16H,6-9H2,1H3,(H2,17,18,19). The highest BCUT2D eigenvalue weighted by molar-refractivity contribution is 5.63. The van der Waals surface area contributed by atoms with E-state index >= 15 is 0 Å². The molecular formula is C15H20N4O. The molecule has 3 rings (SSSR count). The minimum Gasteiger partial charge on any atom is -0.497 e. The normalized spacial score (nSPS) is 16.1. The molecule has 0 unspecified atom stereocenters. The molecule has 0 spiro atoms. The molecule has 1 saturated heterocycles. The van der Waals surface area contributed by atoms with E-state index in [1.807, 2.05) is 24.3 Å². The third kappa shape index (κ3) is 2.93. The van der Waals surface area contributed by atoms with Crippen LogP contribution in [0.2, 0.25) is 0 Å². The Morgan fingerprint density at radius 1 is 1.20 bits per heavy atom. The van der Waals surface area contributed by atoms with Gasteiger partial charge in [-0.25, -0.2) is 0 Å². The molecule has 2 heterocycles. The summed E-state index contributed by atoms with van der Waals surface area (Å²) >= 11 is 0. The minimum absolute atomic E-state index is 0.517. The van der Waals surface area contributed by atoms with Crippen molar-refractivity contribution in [2.24, 2.45) is 0 Å². The Morgan fingerprint density at radius 3 is 2.65 bits per heavy atom. The van der Waals surface area contributed by atoms with Crippen molar-refractivity contribution in [3.05, 3.63) is 30.3 Å². The van der Waals surface area contributed by atoms with Gasteiger partial charge in [-0.2, -0.15) is 5.10 Å². The van der Waals surface area contributed by atoms with E-state index < -0.39 is 0 Å². The zero-order valence-corrected chi connectivity index (χ0v) is 11.6. The Bertz CT molecular complexity index is 543. The summed E-state index contributed by atoms with van der Waals surface area (Å²) in [5, 5.41) is 14.3. The quantitative estimate of drug-likeness (QED) is 0.799. The molecule has 0 amide bonds. The van der Waals surface area contributed by atoms with Crippen LogP contribution in [-0.4, -0.2) is 36.4 Å². The molecule has 5 heteroatoms. The molecule has 0 atom stereocenters. The van der Waals surface area contributed by atoms with E-state index in [1.165, 1.54) is 0 Å². The van der Waals surface area contributed by atoms with Gasteiger partial charge < -0.3 is 15.4 Å². The van der Waals surface area contributed by atoms with Gasteiger partial charge >= 0.3 is 0 Å². The molecule has 106 valence electrons. The first-order valence-electron chi connectivity index (χ1n) is 7.02. The smallest absolute Gasteiger partial charge is 0.148 e. The van der Waals surface area contributed by atoms with Crippen molar-refractivity contribution in [2.45, 2.75) is 18.9 Å². The molecule has 5 nitrogen and oxygen atoms in total. The van der Waals surface area contributed by atoms with Crippen LogP contribution in [0.3, 0.4) is 0 Å². The van der Waals surface area contributed by atoms with E-state index in [4.69, 9.17) is 4.74 Å². The van der Waals surface area contributed by atoms with Crippen molar-refractivity contribution in [1.82, 2.24) is 15.5 Å². The van der Waals surface area contributed by atoms with Gasteiger partial charge in [-0.3, -0.25) is 5.10 Å². The molecule has 1 aromatic heterocycles. The number of aromatic amines is 1. The van der Waals surface area contributed by atoms with Gasteiger partial charge in [0.2, 0.25) is 0 Å². The molecule has 20 heavy (non-hydrogen) atoms. The van der Waals surface area contributed by atoms with Crippen LogP contribution in [0.25, 0.3) is 11.3 Å². The molecule has 1 fully saturated rings. The number of piperidine rings is 1. The molecule has 0 radical (unpaired) electrons. The van der Waals surface area contributed by atoms with Gasteiger partial charge in [0, 0.05) is 12.1 Å². The minimum atomic E-state index is 0.517. The number of nitrogens with one attached hydrogen (secondary N) is 3. The second-order valence-corrected chi connectivity index (χ2v) is 5.06. The number of nitrogens with zero attached hydrogens (tertiary/aromatic N) is 1. The lowest BCUT2D eigenvalue weighted by Crippen LogP contribution is -2.35. The number of hydrogen-bond acceptors (Lipinski definition) is 4. The average molecular weight is 272 g/mol. The number of rotatable bonds is 4. The molecule has 2 aromatic rings. The molecule has 1 aliphatic heterocycles. The highest BCUT2D eigenvalue weighted by atomic mass is 16.5. The summed E-state index contributed by atoms with van der Waals surface area (Å²) in [5.41, 5.74) is 2.13. The van der Waals surface area contributed by atoms with Crippen LogP contribution in [0.1, 0.15) is 12.8 Å². The topological polar surface area (TPSA) is 62.0 Å². The summed E-state index contributed by atoms with van der Waals surface area (Å²) in [6.45, 7) is 2.15. The second-order valence-electron chi connectivity index (χ2n) is 5.06. The van der Waals surface area contributed by atoms with Crippen LogP contribution < -0.4 is 15.4 Å². The Kier molecular flexibility index (Phi) is 3.87. The SMILES string of the molecule is COc1ccc(-c2cc(NC3CCNCC3)n[nH]2)cc1. The number of aromatic nitrogens is 2. The fourth-order valence-corrected chi connectivity index (χ4v) is 2.49. The van der Waals surface area contributed by atoms with Gasteiger partial charge in [-0.15, -0.1) is 0 Å². The molecule has 1 aliphatic rings. The van der Waals surface area contributed by atoms with E-state index in [1.54, 1.807) is 7.11 Å². The maximum absolute atomic E-state index is 5.17. The maximum Gasteiger partial charge on any atom is 0.148 e. The van der Waals surface area contributed by atoms with Gasteiger partial charge in [-0.1, -0.05) is 0 Å². The van der Waals surface area contributed by atoms with E-state index in [2.05, 4.69) is 26.9 Å². The fourth-order valence-electron chi connectivity index (χ4n) is 2.49. The highest BCUT2D eigenvalue weighted by Crippen LogP contribution is 2.23. The van der Waals surface area contributed by atoms with E-state index in [9.17, 15) is 0 Å². The lowest BCUT2D eigenvalue weighted by Gasteiger charge is -2.23. The predicted molar refractivity (Wildman–Crippen MR) is 80.1 cm³/mol. The molecule has 0 bridgehead atoms. The van der Waals surface area contributed by atoms with E-state index in [-0.39, 0.29) is 0 Å². The van der Waals surface area contributed by atoms with Crippen LogP contribution >= 0.6 is 0 Å². The highest BCUT2D eigenvalue weighted by Gasteiger charge is 2.14. The molecule has 3 N–H and O–H groups in total. The second kappa shape index (κ2) is 5.96. The number of methoxy groups -OCH3 is 1. The molecule has 0 aliphatic carbocycles. The maximum atomic E-state index is 5.17. The van der Waals surface area contributed by atoms with Crippen LogP contribution in [0.5, 0.6) is 5.75 Å². The third-order valence-corrected chi connectivity index (χ3v) is 3.67. The summed E-state index contributed by atoms with van der Waals surface area (Å²) in [6, 6.07) is 10.5. The van der Waals surface area contributed by atoms with E-state index in [0.29, 0.717) is 6.04 Å². The van der Waals surface area contributed by atoms with Crippen LogP contribution in [0.15, 0.2) is 30.3 Å². The molecule has 1 aromatic carbocycles. The Morgan fingerprint density at radius 2 is 1.95 bits per heavy atom. The Balaban J connectivity index is 1.68. The monoisotopic (exact) mass is 272 g/mol. The van der Waals surface area contributed by atoms with Crippen LogP contribution in [0.4, 0.5) is 5.82 Å². The van der Waals surface area contributed by atoms with Gasteiger partial charge in [0.05, 0.1) is 12.8 Å². The van der Waals surface area contributed by atoms with Gasteiger partial charge in [-0.05, 0) is 55.8 Å². The lowest BCUT2D eigenvalue weighted by molar-refractivity contribution is 0.415. The van der Waals surface area contributed by atoms with Gasteiger partial charge in [0.25, 0.3) is 0 Å². The van der Waals surface area contributed by atoms with Crippen LogP contribution in [-0.2, 0) is 0 Å². The summed E-state index contributed by atoms with van der Waals surface area (Å²) in [7, 11) is 1.67. The fraction of sp³-hybridized carbons (Fsp3) is 0.400. The van der Waals surface area contributed by atoms with Crippen molar-refractivity contribution in [2.75, 3.05) is 25.5 Å². The van der Waals surface area contributed by atoms with Gasteiger partial charge in [0.1, 0.15) is 11.6 Å². The van der Waals surface area contributed by atoms with Crippen molar-refractivity contribution < 1.29 is 4.74 Å². The largest absolute Gasteiger partial charge is 0.497 e. The number of hydrogen-bond donors (Lipinski definition) is 3. The van der Waals surface area contributed by atoms with E-state index in [0.717, 1.165) is 48.8 Å². The summed E-state index contributed by atoms with van der Waals surface area (Å²) < 4.78 is 5.17. The van der Waals surface area contributed by atoms with Crippen molar-refractivity contribution in [3.63, 3.8) is 0 Å². The number of ether oxygens (including phenoxy) is 1. The van der Waals surface area contributed by atoms with Crippen molar-refractivity contribution in [3.8, 4) is 17.0 Å². The third-order valence-electron chi connectivity index (χ3n) is 3.67. The van der Waals surface area contributed by atoms with Crippen molar-refractivity contribution in [1.29, 1.82) is 0 Å². The Hall–Kier alpha value is -2.01. The Labute approximate surface area is 118 Å². The van der Waals surface area contributed by atoms with Crippen molar-refractivity contribution >= 4 is 5.82 Å². The first-order chi connectivity index (χ1) is 9.85. The zero-order valence-electron chi connectivity index (χ0n) is 11.6. The summed E-state index contributed by atoms with van der Waals surface area (Å²) in [4.78, 5) is 0. The predicted octanol–water partition coefficient (Wildman–Crippen LogP) is 2.25. The average Bonchev–Trinajstić information content (AvgIpc) is 2.97. The molecule has 0 saturated carbocycles. The zero-order chi connectivity index (χ0) is 13.8. The lowest BCUT2D eigenvalue weighted by atomic mass is 10.1. The number of benzene rings is 1. The van der Waals surface area contributed by atoms with Gasteiger partial charge in [0.15, 0.2) is 0 Å². The first-order valence-corrected chi connectivity index (χ1v) is 7.02. The first kappa shape index (κ1) is 13.0. The number of H-pyrrole nitrogens is 1. The number of anilines is 1. The summed E-state index contributed by atoms with van der Waals surface area (Å²) in [5.74, 6) is 1.78.